The van der Waals surface area contributed by atoms with Crippen LogP contribution in [0.15, 0.2) is 18.2 Å². The van der Waals surface area contributed by atoms with E-state index in [2.05, 4.69) is 0 Å². The lowest BCUT2D eigenvalue weighted by atomic mass is 9.86. The van der Waals surface area contributed by atoms with Gasteiger partial charge in [-0.1, -0.05) is 32.1 Å². The van der Waals surface area contributed by atoms with Crippen molar-refractivity contribution in [2.24, 2.45) is 5.92 Å². The number of rotatable bonds is 4. The van der Waals surface area contributed by atoms with Gasteiger partial charge in [0.2, 0.25) is 5.91 Å². The number of carbonyl (C=O) groups is 2. The van der Waals surface area contributed by atoms with Crippen LogP contribution in [-0.4, -0.2) is 60.6 Å². The van der Waals surface area contributed by atoms with Crippen molar-refractivity contribution in [2.45, 2.75) is 64.5 Å². The number of hydrogen-bond donors (Lipinski definition) is 0. The van der Waals surface area contributed by atoms with E-state index in [-0.39, 0.29) is 17.9 Å². The first kappa shape index (κ1) is 21.2. The lowest BCUT2D eigenvalue weighted by Gasteiger charge is -2.28. The molecule has 0 aromatic heterocycles. The zero-order valence-electron chi connectivity index (χ0n) is 18.1. The Labute approximate surface area is 179 Å². The van der Waals surface area contributed by atoms with E-state index in [0.29, 0.717) is 57.4 Å². The maximum Gasteiger partial charge on any atom is 0.254 e. The molecule has 1 aromatic carbocycles. The van der Waals surface area contributed by atoms with E-state index >= 15 is 0 Å². The van der Waals surface area contributed by atoms with Crippen molar-refractivity contribution in [3.63, 3.8) is 0 Å². The largest absolute Gasteiger partial charge is 0.491 e. The van der Waals surface area contributed by atoms with Crippen LogP contribution in [0, 0.1) is 5.92 Å². The molecule has 30 heavy (non-hydrogen) atoms. The number of hydrogen-bond acceptors (Lipinski definition) is 4. The minimum Gasteiger partial charge on any atom is -0.491 e. The van der Waals surface area contributed by atoms with E-state index in [9.17, 15) is 9.59 Å². The van der Waals surface area contributed by atoms with E-state index in [4.69, 9.17) is 9.47 Å². The lowest BCUT2D eigenvalue weighted by Crippen LogP contribution is -2.41. The third kappa shape index (κ3) is 4.97. The summed E-state index contributed by atoms with van der Waals surface area (Å²) in [5.41, 5.74) is 1.58. The number of benzene rings is 1. The van der Waals surface area contributed by atoms with E-state index < -0.39 is 0 Å². The first-order valence-electron chi connectivity index (χ1n) is 11.5. The van der Waals surface area contributed by atoms with Crippen LogP contribution in [0.5, 0.6) is 5.75 Å². The fourth-order valence-electron chi connectivity index (χ4n) is 4.85. The fourth-order valence-corrected chi connectivity index (χ4v) is 4.85. The van der Waals surface area contributed by atoms with Crippen molar-refractivity contribution in [1.82, 2.24) is 9.80 Å². The maximum atomic E-state index is 13.1. The van der Waals surface area contributed by atoms with Gasteiger partial charge in [-0.05, 0) is 37.5 Å². The molecular weight excluding hydrogens is 380 g/mol. The Kier molecular flexibility index (Phi) is 6.93. The average molecular weight is 415 g/mol. The second kappa shape index (κ2) is 9.82. The number of morpholine rings is 1. The van der Waals surface area contributed by atoms with Gasteiger partial charge >= 0.3 is 0 Å². The van der Waals surface area contributed by atoms with Gasteiger partial charge in [-0.15, -0.1) is 0 Å². The molecule has 1 aliphatic carbocycles. The Hall–Kier alpha value is -2.08. The SMILES string of the molecule is C[C@H]1COc2ccc(C(=O)N3CCOCC3)cc2CN1C(=O)CCC1CCCCC1. The second-order valence-corrected chi connectivity index (χ2v) is 8.95. The summed E-state index contributed by atoms with van der Waals surface area (Å²) in [7, 11) is 0. The van der Waals surface area contributed by atoms with Gasteiger partial charge in [-0.25, -0.2) is 0 Å². The summed E-state index contributed by atoms with van der Waals surface area (Å²) in [6.45, 7) is 5.44. The highest BCUT2D eigenvalue weighted by Crippen LogP contribution is 2.30. The van der Waals surface area contributed by atoms with Crippen molar-refractivity contribution >= 4 is 11.8 Å². The molecule has 0 spiro atoms. The highest BCUT2D eigenvalue weighted by molar-refractivity contribution is 5.94. The van der Waals surface area contributed by atoms with Gasteiger partial charge in [-0.2, -0.15) is 0 Å². The van der Waals surface area contributed by atoms with E-state index in [1.165, 1.54) is 32.1 Å². The molecule has 0 unspecified atom stereocenters. The average Bonchev–Trinajstić information content (AvgIpc) is 2.96. The molecule has 164 valence electrons. The number of amides is 2. The minimum absolute atomic E-state index is 0.0218. The van der Waals surface area contributed by atoms with Crippen molar-refractivity contribution in [2.75, 3.05) is 32.9 Å². The molecule has 0 radical (unpaired) electrons. The summed E-state index contributed by atoms with van der Waals surface area (Å²) in [5, 5.41) is 0. The van der Waals surface area contributed by atoms with Crippen LogP contribution in [-0.2, 0) is 16.1 Å². The lowest BCUT2D eigenvalue weighted by molar-refractivity contribution is -0.134. The van der Waals surface area contributed by atoms with Crippen LogP contribution in [0.3, 0.4) is 0 Å². The zero-order valence-corrected chi connectivity index (χ0v) is 18.1. The molecule has 1 saturated carbocycles. The summed E-state index contributed by atoms with van der Waals surface area (Å²) >= 11 is 0. The third-order valence-corrected chi connectivity index (χ3v) is 6.77. The number of ether oxygens (including phenoxy) is 2. The Balaban J connectivity index is 1.44. The first-order chi connectivity index (χ1) is 14.6. The summed E-state index contributed by atoms with van der Waals surface area (Å²) in [4.78, 5) is 29.7. The van der Waals surface area contributed by atoms with Gasteiger partial charge in [0.05, 0.1) is 19.3 Å². The molecule has 1 atom stereocenters. The zero-order chi connectivity index (χ0) is 20.9. The molecule has 4 rings (SSSR count). The molecule has 2 amide bonds. The third-order valence-electron chi connectivity index (χ3n) is 6.77. The van der Waals surface area contributed by atoms with Crippen LogP contribution in [0.25, 0.3) is 0 Å². The van der Waals surface area contributed by atoms with Gasteiger partial charge in [0, 0.05) is 37.2 Å². The highest BCUT2D eigenvalue weighted by atomic mass is 16.5. The molecule has 6 heteroatoms. The van der Waals surface area contributed by atoms with Gasteiger partial charge in [0.1, 0.15) is 12.4 Å². The van der Waals surface area contributed by atoms with E-state index in [1.807, 2.05) is 34.9 Å². The van der Waals surface area contributed by atoms with Gasteiger partial charge in [0.15, 0.2) is 0 Å². The fraction of sp³-hybridized carbons (Fsp3) is 0.667. The van der Waals surface area contributed by atoms with Crippen LogP contribution in [0.2, 0.25) is 0 Å². The number of carbonyl (C=O) groups excluding carboxylic acids is 2. The summed E-state index contributed by atoms with van der Waals surface area (Å²) in [5.74, 6) is 1.71. The van der Waals surface area contributed by atoms with Gasteiger partial charge < -0.3 is 19.3 Å². The molecule has 2 heterocycles. The van der Waals surface area contributed by atoms with Crippen molar-refractivity contribution < 1.29 is 19.1 Å². The van der Waals surface area contributed by atoms with E-state index in [1.54, 1.807) is 0 Å². The summed E-state index contributed by atoms with van der Waals surface area (Å²) < 4.78 is 11.3. The summed E-state index contributed by atoms with van der Waals surface area (Å²) in [6.07, 6.45) is 8.08. The summed E-state index contributed by atoms with van der Waals surface area (Å²) in [6, 6.07) is 5.65. The number of nitrogens with zero attached hydrogens (tertiary/aromatic N) is 2. The van der Waals surface area contributed by atoms with Crippen molar-refractivity contribution in [3.8, 4) is 5.75 Å². The van der Waals surface area contributed by atoms with Gasteiger partial charge in [0.25, 0.3) is 5.91 Å². The molecule has 1 saturated heterocycles. The van der Waals surface area contributed by atoms with Crippen molar-refractivity contribution in [3.05, 3.63) is 29.3 Å². The van der Waals surface area contributed by atoms with E-state index in [0.717, 1.165) is 17.7 Å². The second-order valence-electron chi connectivity index (χ2n) is 8.95. The molecule has 2 fully saturated rings. The first-order valence-corrected chi connectivity index (χ1v) is 11.5. The van der Waals surface area contributed by atoms with Crippen LogP contribution in [0.1, 0.15) is 67.8 Å². The molecular formula is C24H34N2O4. The van der Waals surface area contributed by atoms with Crippen molar-refractivity contribution in [1.29, 1.82) is 0 Å². The Morgan fingerprint density at radius 2 is 1.87 bits per heavy atom. The molecule has 6 nitrogen and oxygen atoms in total. The van der Waals surface area contributed by atoms with Crippen LogP contribution >= 0.6 is 0 Å². The predicted octanol–water partition coefficient (Wildman–Crippen LogP) is 3.63. The molecule has 3 aliphatic rings. The molecule has 0 bridgehead atoms. The maximum absolute atomic E-state index is 13.1. The van der Waals surface area contributed by atoms with Crippen LogP contribution < -0.4 is 4.74 Å². The predicted molar refractivity (Wildman–Crippen MR) is 114 cm³/mol. The Morgan fingerprint density at radius 1 is 1.10 bits per heavy atom. The quantitative estimate of drug-likeness (QED) is 0.755. The molecule has 1 aromatic rings. The molecule has 0 N–H and O–H groups in total. The Morgan fingerprint density at radius 3 is 2.63 bits per heavy atom. The Bertz CT molecular complexity index is 754. The normalized spacial score (nSPS) is 22.8. The topological polar surface area (TPSA) is 59.1 Å². The monoisotopic (exact) mass is 414 g/mol. The minimum atomic E-state index is 0.0218. The smallest absolute Gasteiger partial charge is 0.254 e. The highest BCUT2D eigenvalue weighted by Gasteiger charge is 2.28. The van der Waals surface area contributed by atoms with Gasteiger partial charge in [-0.3, -0.25) is 9.59 Å². The number of fused-ring (bicyclic) bond motifs is 1. The standard InChI is InChI=1S/C24H34N2O4/c1-18-17-30-22-9-8-20(24(28)25-11-13-29-14-12-25)15-21(22)16-26(18)23(27)10-7-19-5-3-2-4-6-19/h8-9,15,18-19H,2-7,10-14,16-17H2,1H3/t18-/m0/s1. The molecule has 2 aliphatic heterocycles. The van der Waals surface area contributed by atoms with Crippen LogP contribution in [0.4, 0.5) is 0 Å².